The molecule has 0 aromatic heterocycles. The molecule has 0 N–H and O–H groups in total. The minimum atomic E-state index is -1.13. The number of methoxy groups -OCH3 is 3. The molecule has 30 heavy (non-hydrogen) atoms. The zero-order valence-electron chi connectivity index (χ0n) is 17.8. The topological polar surface area (TPSA) is 88.1 Å². The van der Waals surface area contributed by atoms with E-state index in [1.807, 2.05) is 19.9 Å². The standard InChI is InChI=1S/C22H26O6.H2OP/c1-14(2)13-28-22(24)19(15-9-7-6-8-10-15)21(23)20-17(26-4)11-16(25-3)12-18(20)27-5;1-2/h6-12,14,19H,13H2,1-5H3;2H2/q;+1. The SMILES string of the molecule is COc1cc(OC)c(C(=O)C(C(=O)OCC(C)C)c2ccccc2)c(OC)c1.O=[PH2+]. The van der Waals surface area contributed by atoms with E-state index in [9.17, 15) is 9.59 Å². The van der Waals surface area contributed by atoms with Crippen molar-refractivity contribution < 1.29 is 33.1 Å². The molecule has 7 nitrogen and oxygen atoms in total. The summed E-state index contributed by atoms with van der Waals surface area (Å²) in [5, 5.41) is 0. The highest BCUT2D eigenvalue weighted by atomic mass is 31.0. The van der Waals surface area contributed by atoms with E-state index in [0.717, 1.165) is 0 Å². The molecule has 8 heteroatoms. The molecule has 2 rings (SSSR count). The van der Waals surface area contributed by atoms with Gasteiger partial charge in [0.25, 0.3) is 0 Å². The summed E-state index contributed by atoms with van der Waals surface area (Å²) in [6.07, 6.45) is 0. The van der Waals surface area contributed by atoms with Gasteiger partial charge in [-0.1, -0.05) is 48.7 Å². The van der Waals surface area contributed by atoms with Crippen LogP contribution >= 0.6 is 9.12 Å². The van der Waals surface area contributed by atoms with E-state index in [-0.39, 0.29) is 29.6 Å². The number of rotatable bonds is 9. The molecule has 0 fully saturated rings. The van der Waals surface area contributed by atoms with Gasteiger partial charge in [-0.3, -0.25) is 9.59 Å². The van der Waals surface area contributed by atoms with Crippen LogP contribution in [0.3, 0.4) is 0 Å². The van der Waals surface area contributed by atoms with Gasteiger partial charge < -0.3 is 18.9 Å². The molecular formula is C22H28O7P+. The fraction of sp³-hybridized carbons (Fsp3) is 0.364. The van der Waals surface area contributed by atoms with Gasteiger partial charge in [0.05, 0.1) is 27.9 Å². The smallest absolute Gasteiger partial charge is 0.321 e. The Morgan fingerprint density at radius 1 is 0.900 bits per heavy atom. The molecule has 0 amide bonds. The molecule has 0 heterocycles. The van der Waals surface area contributed by atoms with Crippen molar-refractivity contribution in [2.75, 3.05) is 27.9 Å². The normalized spacial score (nSPS) is 11.0. The predicted molar refractivity (Wildman–Crippen MR) is 116 cm³/mol. The van der Waals surface area contributed by atoms with Crippen LogP contribution < -0.4 is 14.2 Å². The van der Waals surface area contributed by atoms with Gasteiger partial charge in [0.2, 0.25) is 0 Å². The number of carbonyl (C=O) groups is 2. The molecule has 2 atom stereocenters. The molecular weight excluding hydrogens is 407 g/mol. The first-order valence-corrected chi connectivity index (χ1v) is 9.69. The summed E-state index contributed by atoms with van der Waals surface area (Å²) in [5.41, 5.74) is 0.710. The third-order valence-corrected chi connectivity index (χ3v) is 4.15. The van der Waals surface area contributed by atoms with Crippen LogP contribution in [0.25, 0.3) is 0 Å². The van der Waals surface area contributed by atoms with Crippen molar-refractivity contribution in [1.82, 2.24) is 0 Å². The average molecular weight is 435 g/mol. The van der Waals surface area contributed by atoms with Gasteiger partial charge in [-0.05, 0) is 11.5 Å². The molecule has 0 bridgehead atoms. The van der Waals surface area contributed by atoms with Gasteiger partial charge in [-0.15, -0.1) is 0 Å². The number of carbonyl (C=O) groups excluding carboxylic acids is 2. The van der Waals surface area contributed by atoms with E-state index in [1.54, 1.807) is 36.4 Å². The Kier molecular flexibility index (Phi) is 10.6. The molecule has 2 aromatic rings. The molecule has 2 unspecified atom stereocenters. The summed E-state index contributed by atoms with van der Waals surface area (Å²) in [6, 6.07) is 12.0. The number of benzene rings is 2. The molecule has 0 spiro atoms. The number of esters is 1. The second kappa shape index (κ2) is 12.6. The Bertz CT molecular complexity index is 812. The van der Waals surface area contributed by atoms with E-state index < -0.39 is 17.7 Å². The van der Waals surface area contributed by atoms with Crippen molar-refractivity contribution in [3.8, 4) is 17.2 Å². The van der Waals surface area contributed by atoms with E-state index in [0.29, 0.717) is 11.3 Å². The van der Waals surface area contributed by atoms with Crippen molar-refractivity contribution in [1.29, 1.82) is 0 Å². The summed E-state index contributed by atoms with van der Waals surface area (Å²) in [7, 11) is 5.56. The maximum atomic E-state index is 13.5. The van der Waals surface area contributed by atoms with Crippen molar-refractivity contribution in [2.24, 2.45) is 5.92 Å². The maximum absolute atomic E-state index is 13.5. The molecule has 0 aliphatic carbocycles. The average Bonchev–Trinajstić information content (AvgIpc) is 2.78. The molecule has 0 saturated heterocycles. The third-order valence-electron chi connectivity index (χ3n) is 4.15. The van der Waals surface area contributed by atoms with Gasteiger partial charge in [-0.2, -0.15) is 0 Å². The van der Waals surface area contributed by atoms with Gasteiger partial charge in [0, 0.05) is 12.1 Å². The first-order chi connectivity index (χ1) is 14.4. The second-order valence-corrected chi connectivity index (χ2v) is 6.64. The number of ether oxygens (including phenoxy) is 4. The van der Waals surface area contributed by atoms with E-state index in [2.05, 4.69) is 0 Å². The molecule has 0 aliphatic heterocycles. The van der Waals surface area contributed by atoms with Crippen LogP contribution in [0.1, 0.15) is 35.7 Å². The Morgan fingerprint density at radius 3 is 1.87 bits per heavy atom. The largest absolute Gasteiger partial charge is 0.496 e. The van der Waals surface area contributed by atoms with E-state index >= 15 is 0 Å². The summed E-state index contributed by atoms with van der Waals surface area (Å²) in [4.78, 5) is 26.3. The van der Waals surface area contributed by atoms with Crippen molar-refractivity contribution in [3.63, 3.8) is 0 Å². The highest BCUT2D eigenvalue weighted by Crippen LogP contribution is 2.37. The van der Waals surface area contributed by atoms with Crippen molar-refractivity contribution >= 4 is 20.9 Å². The van der Waals surface area contributed by atoms with Gasteiger partial charge >= 0.3 is 15.1 Å². The lowest BCUT2D eigenvalue weighted by atomic mass is 9.89. The van der Waals surface area contributed by atoms with E-state index in [1.165, 1.54) is 30.4 Å². The quantitative estimate of drug-likeness (QED) is 0.254. The summed E-state index contributed by atoms with van der Waals surface area (Å²) < 4.78 is 29.5. The van der Waals surface area contributed by atoms with Crippen molar-refractivity contribution in [3.05, 3.63) is 53.6 Å². The van der Waals surface area contributed by atoms with Gasteiger partial charge in [0.1, 0.15) is 28.7 Å². The Hall–Kier alpha value is -2.92. The van der Waals surface area contributed by atoms with E-state index in [4.69, 9.17) is 23.5 Å². The lowest BCUT2D eigenvalue weighted by molar-refractivity contribution is -0.145. The second-order valence-electron chi connectivity index (χ2n) is 6.64. The number of Topliss-reactive ketones (excluding diaryl/α,β-unsaturated/α-hetero) is 1. The third kappa shape index (κ3) is 6.29. The van der Waals surface area contributed by atoms with Crippen molar-refractivity contribution in [2.45, 2.75) is 19.8 Å². The highest BCUT2D eigenvalue weighted by Gasteiger charge is 2.35. The fourth-order valence-electron chi connectivity index (χ4n) is 2.76. The van der Waals surface area contributed by atoms with Crippen LogP contribution in [0.4, 0.5) is 0 Å². The predicted octanol–water partition coefficient (Wildman–Crippen LogP) is 4.09. The van der Waals surface area contributed by atoms with Crippen LogP contribution in [0.5, 0.6) is 17.2 Å². The molecule has 0 radical (unpaired) electrons. The minimum absolute atomic E-state index is 0.153. The Morgan fingerprint density at radius 2 is 1.43 bits per heavy atom. The first kappa shape index (κ1) is 25.1. The first-order valence-electron chi connectivity index (χ1n) is 9.22. The summed E-state index contributed by atoms with van der Waals surface area (Å²) in [5.74, 6) is -1.04. The molecule has 162 valence electrons. The fourth-order valence-corrected chi connectivity index (χ4v) is 2.76. The minimum Gasteiger partial charge on any atom is -0.496 e. The number of hydrogen-bond acceptors (Lipinski definition) is 7. The number of hydrogen-bond donors (Lipinski definition) is 0. The zero-order valence-corrected chi connectivity index (χ0v) is 19.0. The van der Waals surface area contributed by atoms with Gasteiger partial charge in [0.15, 0.2) is 5.78 Å². The Labute approximate surface area is 178 Å². The Balaban J connectivity index is 0.00000218. The zero-order chi connectivity index (χ0) is 22.7. The molecule has 0 aliphatic rings. The summed E-state index contributed by atoms with van der Waals surface area (Å²) in [6.45, 7) is 4.09. The molecule has 0 saturated carbocycles. The molecule has 2 aromatic carbocycles. The monoisotopic (exact) mass is 435 g/mol. The van der Waals surface area contributed by atoms with Crippen LogP contribution in [0.2, 0.25) is 0 Å². The van der Waals surface area contributed by atoms with Crippen LogP contribution in [-0.2, 0) is 14.1 Å². The lowest BCUT2D eigenvalue weighted by Gasteiger charge is -2.20. The maximum Gasteiger partial charge on any atom is 0.321 e. The summed E-state index contributed by atoms with van der Waals surface area (Å²) >= 11 is 0. The highest BCUT2D eigenvalue weighted by molar-refractivity contribution is 7.00. The van der Waals surface area contributed by atoms with Crippen LogP contribution in [-0.4, -0.2) is 39.7 Å². The number of ketones is 1. The van der Waals surface area contributed by atoms with Gasteiger partial charge in [-0.25, -0.2) is 0 Å². The van der Waals surface area contributed by atoms with Crippen LogP contribution in [0.15, 0.2) is 42.5 Å². The van der Waals surface area contributed by atoms with Crippen LogP contribution in [0, 0.1) is 5.92 Å². The lowest BCUT2D eigenvalue weighted by Crippen LogP contribution is -2.26.